The quantitative estimate of drug-likeness (QED) is 0.759. The number of rotatable bonds is 6. The summed E-state index contributed by atoms with van der Waals surface area (Å²) in [6.07, 6.45) is 3.80. The minimum Gasteiger partial charge on any atom is -0.478 e. The first-order valence-electron chi connectivity index (χ1n) is 6.96. The Labute approximate surface area is 121 Å². The van der Waals surface area contributed by atoms with Gasteiger partial charge in [0.25, 0.3) is 0 Å². The SMILES string of the molecule is CCCC[C@@H](/C=C(\C)C(=O)O)N(C)C(=O)OC(C)(C)C. The Morgan fingerprint density at radius 1 is 1.35 bits per heavy atom. The molecule has 1 N–H and O–H groups in total. The van der Waals surface area contributed by atoms with E-state index in [-0.39, 0.29) is 11.6 Å². The molecule has 0 bridgehead atoms. The van der Waals surface area contributed by atoms with Crippen molar-refractivity contribution in [2.75, 3.05) is 7.05 Å². The molecule has 0 aromatic rings. The number of unbranched alkanes of at least 4 members (excludes halogenated alkanes) is 1. The van der Waals surface area contributed by atoms with Gasteiger partial charge in [-0.2, -0.15) is 0 Å². The molecule has 5 heteroatoms. The van der Waals surface area contributed by atoms with Gasteiger partial charge in [0.1, 0.15) is 5.60 Å². The molecule has 5 nitrogen and oxygen atoms in total. The van der Waals surface area contributed by atoms with Gasteiger partial charge < -0.3 is 14.7 Å². The molecule has 0 heterocycles. The predicted octanol–water partition coefficient (Wildman–Crippen LogP) is 3.44. The normalized spacial score (nSPS) is 13.8. The van der Waals surface area contributed by atoms with Crippen LogP contribution in [0.25, 0.3) is 0 Å². The van der Waals surface area contributed by atoms with Crippen molar-refractivity contribution in [3.63, 3.8) is 0 Å². The first-order chi connectivity index (χ1) is 9.08. The highest BCUT2D eigenvalue weighted by atomic mass is 16.6. The van der Waals surface area contributed by atoms with E-state index >= 15 is 0 Å². The number of carboxylic acid groups (broad SMARTS) is 1. The molecule has 0 aliphatic rings. The summed E-state index contributed by atoms with van der Waals surface area (Å²) in [7, 11) is 1.64. The second kappa shape index (κ2) is 7.92. The fourth-order valence-corrected chi connectivity index (χ4v) is 1.63. The topological polar surface area (TPSA) is 66.8 Å². The summed E-state index contributed by atoms with van der Waals surface area (Å²) in [6, 6.07) is -0.263. The van der Waals surface area contributed by atoms with Crippen molar-refractivity contribution in [2.24, 2.45) is 0 Å². The Kier molecular flexibility index (Phi) is 7.32. The molecule has 0 aliphatic heterocycles. The molecule has 0 rings (SSSR count). The first kappa shape index (κ1) is 18.5. The molecule has 20 heavy (non-hydrogen) atoms. The summed E-state index contributed by atoms with van der Waals surface area (Å²) in [5.74, 6) is -0.968. The third kappa shape index (κ3) is 7.16. The largest absolute Gasteiger partial charge is 0.478 e. The predicted molar refractivity (Wildman–Crippen MR) is 78.7 cm³/mol. The lowest BCUT2D eigenvalue weighted by Crippen LogP contribution is -2.40. The van der Waals surface area contributed by atoms with E-state index in [1.54, 1.807) is 33.9 Å². The Bertz CT molecular complexity index is 369. The number of hydrogen-bond donors (Lipinski definition) is 1. The molecule has 0 aromatic carbocycles. The van der Waals surface area contributed by atoms with Gasteiger partial charge in [0.05, 0.1) is 6.04 Å². The summed E-state index contributed by atoms with van der Waals surface area (Å²) >= 11 is 0. The van der Waals surface area contributed by atoms with Crippen molar-refractivity contribution >= 4 is 12.1 Å². The number of likely N-dealkylation sites (N-methyl/N-ethyl adjacent to an activating group) is 1. The van der Waals surface area contributed by atoms with Crippen molar-refractivity contribution in [2.45, 2.75) is 65.5 Å². The summed E-state index contributed by atoms with van der Waals surface area (Å²) in [4.78, 5) is 24.4. The van der Waals surface area contributed by atoms with Gasteiger partial charge in [0.15, 0.2) is 0 Å². The standard InChI is InChI=1S/C15H27NO4/c1-7-8-9-12(10-11(2)13(17)18)16(6)14(19)20-15(3,4)5/h10,12H,7-9H2,1-6H3,(H,17,18)/b11-10+/t12-/m0/s1. The van der Waals surface area contributed by atoms with Crippen molar-refractivity contribution < 1.29 is 19.4 Å². The molecule has 0 radical (unpaired) electrons. The van der Waals surface area contributed by atoms with E-state index in [0.29, 0.717) is 0 Å². The highest BCUT2D eigenvalue weighted by Crippen LogP contribution is 2.16. The molecular formula is C15H27NO4. The molecule has 0 aromatic heterocycles. The number of nitrogens with zero attached hydrogens (tertiary/aromatic N) is 1. The fraction of sp³-hybridized carbons (Fsp3) is 0.733. The van der Waals surface area contributed by atoms with Crippen LogP contribution >= 0.6 is 0 Å². The summed E-state index contributed by atoms with van der Waals surface area (Å²) in [5.41, 5.74) is -0.326. The van der Waals surface area contributed by atoms with Crippen LogP contribution in [0.15, 0.2) is 11.6 Å². The second-order valence-corrected chi connectivity index (χ2v) is 5.96. The summed E-state index contributed by atoms with van der Waals surface area (Å²) in [6.45, 7) is 9.00. The van der Waals surface area contributed by atoms with E-state index in [9.17, 15) is 9.59 Å². The first-order valence-corrected chi connectivity index (χ1v) is 6.96. The molecule has 0 spiro atoms. The van der Waals surface area contributed by atoms with Gasteiger partial charge in [-0.1, -0.05) is 25.8 Å². The average molecular weight is 285 g/mol. The number of amides is 1. The molecule has 0 unspecified atom stereocenters. The maximum absolute atomic E-state index is 12.0. The van der Waals surface area contributed by atoms with Crippen molar-refractivity contribution in [3.8, 4) is 0 Å². The number of aliphatic carboxylic acids is 1. The highest BCUT2D eigenvalue weighted by Gasteiger charge is 2.24. The van der Waals surface area contributed by atoms with E-state index in [0.717, 1.165) is 19.3 Å². The molecule has 0 fully saturated rings. The Hall–Kier alpha value is -1.52. The smallest absolute Gasteiger partial charge is 0.410 e. The molecule has 1 atom stereocenters. The molecule has 0 saturated carbocycles. The van der Waals surface area contributed by atoms with E-state index in [2.05, 4.69) is 6.92 Å². The van der Waals surface area contributed by atoms with Gasteiger partial charge >= 0.3 is 12.1 Å². The van der Waals surface area contributed by atoms with Gasteiger partial charge in [0.2, 0.25) is 0 Å². The number of ether oxygens (including phenoxy) is 1. The Morgan fingerprint density at radius 3 is 2.30 bits per heavy atom. The lowest BCUT2D eigenvalue weighted by Gasteiger charge is -2.29. The highest BCUT2D eigenvalue weighted by molar-refractivity contribution is 5.86. The van der Waals surface area contributed by atoms with Crippen LogP contribution in [0.3, 0.4) is 0 Å². The maximum atomic E-state index is 12.0. The molecule has 0 aliphatic carbocycles. The molecule has 0 saturated heterocycles. The van der Waals surface area contributed by atoms with Crippen molar-refractivity contribution in [1.82, 2.24) is 4.90 Å². The number of carboxylic acids is 1. The van der Waals surface area contributed by atoms with Crippen LogP contribution in [-0.2, 0) is 9.53 Å². The number of carbonyl (C=O) groups is 2. The van der Waals surface area contributed by atoms with Gasteiger partial charge in [-0.3, -0.25) is 0 Å². The third-order valence-corrected chi connectivity index (χ3v) is 2.81. The zero-order valence-corrected chi connectivity index (χ0v) is 13.4. The van der Waals surface area contributed by atoms with Gasteiger partial charge in [-0.15, -0.1) is 0 Å². The van der Waals surface area contributed by atoms with Crippen LogP contribution in [-0.4, -0.2) is 40.8 Å². The van der Waals surface area contributed by atoms with Crippen LogP contribution in [0.4, 0.5) is 4.79 Å². The fourth-order valence-electron chi connectivity index (χ4n) is 1.63. The van der Waals surface area contributed by atoms with Gasteiger partial charge in [-0.25, -0.2) is 9.59 Å². The van der Waals surface area contributed by atoms with Crippen LogP contribution in [0, 0.1) is 0 Å². The zero-order valence-electron chi connectivity index (χ0n) is 13.4. The lowest BCUT2D eigenvalue weighted by molar-refractivity contribution is -0.132. The van der Waals surface area contributed by atoms with Crippen LogP contribution < -0.4 is 0 Å². The van der Waals surface area contributed by atoms with Crippen molar-refractivity contribution in [1.29, 1.82) is 0 Å². The van der Waals surface area contributed by atoms with Crippen LogP contribution in [0.2, 0.25) is 0 Å². The monoisotopic (exact) mass is 285 g/mol. The lowest BCUT2D eigenvalue weighted by atomic mass is 10.1. The Morgan fingerprint density at radius 2 is 1.90 bits per heavy atom. The van der Waals surface area contributed by atoms with E-state index < -0.39 is 17.7 Å². The average Bonchev–Trinajstić information content (AvgIpc) is 2.30. The minimum absolute atomic E-state index is 0.238. The Balaban J connectivity index is 4.98. The van der Waals surface area contributed by atoms with Crippen molar-refractivity contribution in [3.05, 3.63) is 11.6 Å². The maximum Gasteiger partial charge on any atom is 0.410 e. The number of carbonyl (C=O) groups excluding carboxylic acids is 1. The zero-order chi connectivity index (χ0) is 15.9. The van der Waals surface area contributed by atoms with Gasteiger partial charge in [-0.05, 0) is 34.1 Å². The molecular weight excluding hydrogens is 258 g/mol. The van der Waals surface area contributed by atoms with Gasteiger partial charge in [0, 0.05) is 12.6 Å². The van der Waals surface area contributed by atoms with E-state index in [1.807, 2.05) is 0 Å². The minimum atomic E-state index is -0.968. The van der Waals surface area contributed by atoms with Crippen LogP contribution in [0.5, 0.6) is 0 Å². The van der Waals surface area contributed by atoms with Crippen LogP contribution in [0.1, 0.15) is 53.9 Å². The molecule has 116 valence electrons. The summed E-state index contributed by atoms with van der Waals surface area (Å²) in [5, 5.41) is 8.96. The molecule has 1 amide bonds. The summed E-state index contributed by atoms with van der Waals surface area (Å²) < 4.78 is 5.31. The number of hydrogen-bond acceptors (Lipinski definition) is 3. The van der Waals surface area contributed by atoms with E-state index in [1.165, 1.54) is 11.8 Å². The third-order valence-electron chi connectivity index (χ3n) is 2.81. The van der Waals surface area contributed by atoms with E-state index in [4.69, 9.17) is 9.84 Å². The second-order valence-electron chi connectivity index (χ2n) is 5.96.